The van der Waals surface area contributed by atoms with E-state index in [1.807, 2.05) is 23.9 Å². The molecule has 23 heavy (non-hydrogen) atoms. The van der Waals surface area contributed by atoms with Crippen LogP contribution in [0.2, 0.25) is 5.02 Å². The van der Waals surface area contributed by atoms with Gasteiger partial charge in [-0.2, -0.15) is 0 Å². The number of thioether (sulfide) groups is 1. The molecule has 122 valence electrons. The van der Waals surface area contributed by atoms with E-state index in [1.165, 1.54) is 16.7 Å². The lowest BCUT2D eigenvalue weighted by Crippen LogP contribution is -2.09. The molecule has 1 N–H and O–H groups in total. The first-order valence-corrected chi connectivity index (χ1v) is 9.31. The van der Waals surface area contributed by atoms with Crippen molar-refractivity contribution in [3.63, 3.8) is 0 Å². The quantitative estimate of drug-likeness (QED) is 0.627. The third-order valence-corrected chi connectivity index (χ3v) is 5.28. The number of carbonyl (C=O) groups is 1. The van der Waals surface area contributed by atoms with Gasteiger partial charge in [0.2, 0.25) is 0 Å². The monoisotopic (exact) mass is 368 g/mol. The third-order valence-electron chi connectivity index (χ3n) is 2.78. The lowest BCUT2D eigenvalue weighted by molar-refractivity contribution is -0.139. The largest absolute Gasteiger partial charge is 0.481 e. The first kappa shape index (κ1) is 18.0. The molecule has 6 heteroatoms. The number of carboxylic acids is 1. The number of hydrogen-bond acceptors (Lipinski definition) is 4. The summed E-state index contributed by atoms with van der Waals surface area (Å²) in [5, 5.41) is 9.34. The number of carboxylic acid groups (broad SMARTS) is 1. The van der Waals surface area contributed by atoms with Crippen LogP contribution >= 0.6 is 35.1 Å². The van der Waals surface area contributed by atoms with Crippen molar-refractivity contribution in [2.24, 2.45) is 0 Å². The zero-order valence-electron chi connectivity index (χ0n) is 12.6. The van der Waals surface area contributed by atoms with E-state index in [9.17, 15) is 4.79 Å². The standard InChI is InChI=1S/C17H17ClO3S2/c1-2-9-22-13-4-6-14(7-5-13)23-16-10-12(18)3-8-15(16)21-11-17(19)20/h3-8,10H,2,9,11H2,1H3,(H,19,20). The van der Waals surface area contributed by atoms with Gasteiger partial charge >= 0.3 is 5.97 Å². The second kappa shape index (κ2) is 9.11. The Balaban J connectivity index is 2.11. The minimum atomic E-state index is -1.01. The zero-order valence-corrected chi connectivity index (χ0v) is 15.0. The van der Waals surface area contributed by atoms with Crippen LogP contribution in [-0.4, -0.2) is 23.4 Å². The number of halogens is 1. The van der Waals surface area contributed by atoms with Crippen LogP contribution in [0.15, 0.2) is 57.2 Å². The molecule has 0 saturated carbocycles. The maximum absolute atomic E-state index is 10.7. The van der Waals surface area contributed by atoms with Gasteiger partial charge in [-0.05, 0) is 54.6 Å². The van der Waals surface area contributed by atoms with Gasteiger partial charge in [0.25, 0.3) is 0 Å². The minimum absolute atomic E-state index is 0.373. The lowest BCUT2D eigenvalue weighted by Gasteiger charge is -2.10. The summed E-state index contributed by atoms with van der Waals surface area (Å²) in [4.78, 5) is 13.8. The van der Waals surface area contributed by atoms with Crippen molar-refractivity contribution < 1.29 is 14.6 Å². The minimum Gasteiger partial charge on any atom is -0.481 e. The van der Waals surface area contributed by atoms with Gasteiger partial charge in [0.15, 0.2) is 6.61 Å². The Hall–Kier alpha value is -1.30. The van der Waals surface area contributed by atoms with Crippen LogP contribution in [0.1, 0.15) is 13.3 Å². The lowest BCUT2D eigenvalue weighted by atomic mass is 10.3. The van der Waals surface area contributed by atoms with Crippen LogP contribution in [0.4, 0.5) is 0 Å². The molecule has 2 aromatic carbocycles. The molecular weight excluding hydrogens is 352 g/mol. The van der Waals surface area contributed by atoms with Crippen molar-refractivity contribution in [1.82, 2.24) is 0 Å². The van der Waals surface area contributed by atoms with Gasteiger partial charge < -0.3 is 9.84 Å². The third kappa shape index (κ3) is 6.01. The molecule has 0 heterocycles. The molecule has 3 nitrogen and oxygen atoms in total. The van der Waals surface area contributed by atoms with E-state index in [-0.39, 0.29) is 6.61 Å². The topological polar surface area (TPSA) is 46.5 Å². The van der Waals surface area contributed by atoms with Crippen molar-refractivity contribution in [2.75, 3.05) is 12.4 Å². The van der Waals surface area contributed by atoms with Crippen LogP contribution in [0.25, 0.3) is 0 Å². The second-order valence-corrected chi connectivity index (χ2v) is 7.42. The molecule has 0 amide bonds. The number of rotatable bonds is 8. The number of ether oxygens (including phenoxy) is 1. The average molecular weight is 369 g/mol. The number of benzene rings is 2. The maximum Gasteiger partial charge on any atom is 0.341 e. The van der Waals surface area contributed by atoms with Crippen molar-refractivity contribution in [2.45, 2.75) is 28.0 Å². The summed E-state index contributed by atoms with van der Waals surface area (Å²) in [6.45, 7) is 1.79. The molecule has 0 aliphatic carbocycles. The Morgan fingerprint density at radius 3 is 2.52 bits per heavy atom. The molecule has 0 bridgehead atoms. The average Bonchev–Trinajstić information content (AvgIpc) is 2.53. The first-order chi connectivity index (χ1) is 11.1. The van der Waals surface area contributed by atoms with Crippen molar-refractivity contribution in [3.8, 4) is 5.75 Å². The molecule has 0 atom stereocenters. The maximum atomic E-state index is 10.7. The van der Waals surface area contributed by atoms with E-state index in [1.54, 1.807) is 18.2 Å². The number of hydrogen-bond donors (Lipinski definition) is 1. The Morgan fingerprint density at radius 2 is 1.87 bits per heavy atom. The Bertz CT molecular complexity index is 659. The van der Waals surface area contributed by atoms with E-state index < -0.39 is 5.97 Å². The Kier molecular flexibility index (Phi) is 7.15. The van der Waals surface area contributed by atoms with E-state index in [4.69, 9.17) is 21.4 Å². The van der Waals surface area contributed by atoms with E-state index in [0.717, 1.165) is 22.0 Å². The molecular formula is C17H17ClO3S2. The van der Waals surface area contributed by atoms with Gasteiger partial charge in [-0.1, -0.05) is 30.3 Å². The van der Waals surface area contributed by atoms with Crippen molar-refractivity contribution >= 4 is 41.1 Å². The highest BCUT2D eigenvalue weighted by Crippen LogP contribution is 2.37. The molecule has 0 saturated heterocycles. The summed E-state index contributed by atoms with van der Waals surface area (Å²) in [6, 6.07) is 13.4. The fourth-order valence-electron chi connectivity index (χ4n) is 1.77. The summed E-state index contributed by atoms with van der Waals surface area (Å²) in [7, 11) is 0. The molecule has 0 radical (unpaired) electrons. The van der Waals surface area contributed by atoms with Crippen LogP contribution < -0.4 is 4.74 Å². The molecule has 2 rings (SSSR count). The fourth-order valence-corrected chi connectivity index (χ4v) is 3.72. The highest BCUT2D eigenvalue weighted by molar-refractivity contribution is 7.99. The van der Waals surface area contributed by atoms with Crippen LogP contribution in [-0.2, 0) is 4.79 Å². The van der Waals surface area contributed by atoms with E-state index >= 15 is 0 Å². The molecule has 0 aliphatic heterocycles. The smallest absolute Gasteiger partial charge is 0.341 e. The summed E-state index contributed by atoms with van der Waals surface area (Å²) in [5.74, 6) is 0.618. The normalized spacial score (nSPS) is 10.5. The van der Waals surface area contributed by atoms with Gasteiger partial charge in [0.1, 0.15) is 5.75 Å². The fraction of sp³-hybridized carbons (Fsp3) is 0.235. The molecule has 0 spiro atoms. The van der Waals surface area contributed by atoms with E-state index in [0.29, 0.717) is 10.8 Å². The van der Waals surface area contributed by atoms with Gasteiger partial charge in [0.05, 0.1) is 4.90 Å². The molecule has 0 aliphatic rings. The van der Waals surface area contributed by atoms with Gasteiger partial charge in [-0.3, -0.25) is 0 Å². The summed E-state index contributed by atoms with van der Waals surface area (Å²) in [5.41, 5.74) is 0. The Labute approximate surface area is 149 Å². The predicted molar refractivity (Wildman–Crippen MR) is 96.2 cm³/mol. The van der Waals surface area contributed by atoms with E-state index in [2.05, 4.69) is 19.1 Å². The molecule has 0 aromatic heterocycles. The SMILES string of the molecule is CCCSc1ccc(Sc2cc(Cl)ccc2OCC(=O)O)cc1. The highest BCUT2D eigenvalue weighted by atomic mass is 35.5. The summed E-state index contributed by atoms with van der Waals surface area (Å²) >= 11 is 9.37. The Morgan fingerprint density at radius 1 is 1.17 bits per heavy atom. The predicted octanol–water partition coefficient (Wildman–Crippen LogP) is 5.46. The molecule has 0 fully saturated rings. The summed E-state index contributed by atoms with van der Waals surface area (Å²) in [6.07, 6.45) is 1.15. The van der Waals surface area contributed by atoms with Gasteiger partial charge in [0, 0.05) is 14.8 Å². The van der Waals surface area contributed by atoms with Crippen LogP contribution in [0.5, 0.6) is 5.75 Å². The highest BCUT2D eigenvalue weighted by Gasteiger charge is 2.09. The van der Waals surface area contributed by atoms with Crippen molar-refractivity contribution in [3.05, 3.63) is 47.5 Å². The van der Waals surface area contributed by atoms with Crippen LogP contribution in [0, 0.1) is 0 Å². The second-order valence-electron chi connectivity index (χ2n) is 4.70. The van der Waals surface area contributed by atoms with Gasteiger partial charge in [-0.25, -0.2) is 4.79 Å². The van der Waals surface area contributed by atoms with Gasteiger partial charge in [-0.15, -0.1) is 11.8 Å². The first-order valence-electron chi connectivity index (χ1n) is 7.13. The van der Waals surface area contributed by atoms with Crippen molar-refractivity contribution in [1.29, 1.82) is 0 Å². The van der Waals surface area contributed by atoms with Crippen LogP contribution in [0.3, 0.4) is 0 Å². The molecule has 0 unspecified atom stereocenters. The zero-order chi connectivity index (χ0) is 16.7. The summed E-state index contributed by atoms with van der Waals surface area (Å²) < 4.78 is 5.32. The number of aliphatic carboxylic acids is 1. The molecule has 2 aromatic rings.